The van der Waals surface area contributed by atoms with Gasteiger partial charge in [0.2, 0.25) is 0 Å². The molecule has 5 aromatic rings. The van der Waals surface area contributed by atoms with Crippen LogP contribution in [0.1, 0.15) is 16.1 Å². The Bertz CT molecular complexity index is 1930. The predicted octanol–water partition coefficient (Wildman–Crippen LogP) is 5.91. The number of nitrogens with zero attached hydrogens (tertiary/aromatic N) is 4. The average molecular weight is 601 g/mol. The van der Waals surface area contributed by atoms with Gasteiger partial charge in [-0.25, -0.2) is 13.1 Å². The third-order valence-electron chi connectivity index (χ3n) is 7.32. The number of halogens is 1. The van der Waals surface area contributed by atoms with Crippen LogP contribution in [0.15, 0.2) is 113 Å². The minimum Gasteiger partial charge on any atom is -0.311 e. The maximum Gasteiger partial charge on any atom is 0.296 e. The van der Waals surface area contributed by atoms with Crippen LogP contribution < -0.4 is 14.8 Å². The lowest BCUT2D eigenvalue weighted by Gasteiger charge is -2.21. The van der Waals surface area contributed by atoms with Crippen LogP contribution in [0.3, 0.4) is 0 Å². The van der Waals surface area contributed by atoms with Gasteiger partial charge < -0.3 is 4.90 Å². The summed E-state index contributed by atoms with van der Waals surface area (Å²) in [5, 5.41) is -0.0646. The number of hydrogen-bond acceptors (Lipinski definition) is 4. The number of carbonyl (C=O) groups excluding carboxylic acids is 1. The number of sulfonamides is 1. The SMILES string of the molecule is Cc1c(N(C)S(=O)(=O)c2cc(C(=O)N(C)c3ccc(-c4ccccc4)cc3)ccc2Cl)c(=O)n(-c2ccccc2)n1C. The van der Waals surface area contributed by atoms with Gasteiger partial charge in [-0.1, -0.05) is 72.3 Å². The van der Waals surface area contributed by atoms with Crippen molar-refractivity contribution in [1.82, 2.24) is 9.36 Å². The van der Waals surface area contributed by atoms with E-state index in [9.17, 15) is 18.0 Å². The van der Waals surface area contributed by atoms with E-state index in [2.05, 4.69) is 0 Å². The molecule has 0 aliphatic heterocycles. The van der Waals surface area contributed by atoms with Gasteiger partial charge in [0.25, 0.3) is 21.5 Å². The molecule has 0 atom stereocenters. The molecule has 0 spiro atoms. The van der Waals surface area contributed by atoms with Crippen LogP contribution in [0, 0.1) is 6.92 Å². The fourth-order valence-corrected chi connectivity index (χ4v) is 6.58. The quantitative estimate of drug-likeness (QED) is 0.233. The maximum atomic E-state index is 13.9. The van der Waals surface area contributed by atoms with Gasteiger partial charge in [-0.2, -0.15) is 0 Å². The first-order valence-electron chi connectivity index (χ1n) is 13.1. The molecule has 0 aliphatic rings. The van der Waals surface area contributed by atoms with E-state index in [1.807, 2.05) is 60.7 Å². The zero-order chi connectivity index (χ0) is 30.2. The van der Waals surface area contributed by atoms with Crippen molar-refractivity contribution in [1.29, 1.82) is 0 Å². The molecule has 0 unspecified atom stereocenters. The molecule has 5 rings (SSSR count). The van der Waals surface area contributed by atoms with Gasteiger partial charge in [-0.3, -0.25) is 18.6 Å². The van der Waals surface area contributed by atoms with Crippen molar-refractivity contribution in [3.05, 3.63) is 130 Å². The first-order valence-corrected chi connectivity index (χ1v) is 14.9. The van der Waals surface area contributed by atoms with Gasteiger partial charge in [-0.15, -0.1) is 0 Å². The van der Waals surface area contributed by atoms with Crippen LogP contribution in [0.5, 0.6) is 0 Å². The molecule has 1 amide bonds. The molecule has 1 heterocycles. The van der Waals surface area contributed by atoms with E-state index in [1.54, 1.807) is 50.0 Å². The highest BCUT2D eigenvalue weighted by Crippen LogP contribution is 2.30. The molecule has 214 valence electrons. The molecule has 0 fully saturated rings. The van der Waals surface area contributed by atoms with E-state index in [-0.39, 0.29) is 21.2 Å². The highest BCUT2D eigenvalue weighted by molar-refractivity contribution is 7.93. The van der Waals surface area contributed by atoms with Crippen molar-refractivity contribution < 1.29 is 13.2 Å². The van der Waals surface area contributed by atoms with Gasteiger partial charge in [0.15, 0.2) is 0 Å². The number of benzene rings is 4. The third-order valence-corrected chi connectivity index (χ3v) is 9.56. The van der Waals surface area contributed by atoms with E-state index >= 15 is 0 Å². The van der Waals surface area contributed by atoms with Crippen LogP contribution >= 0.6 is 11.6 Å². The van der Waals surface area contributed by atoms with E-state index in [0.717, 1.165) is 15.4 Å². The van der Waals surface area contributed by atoms with Crippen molar-refractivity contribution in [3.8, 4) is 16.8 Å². The lowest BCUT2D eigenvalue weighted by Crippen LogP contribution is -2.32. The van der Waals surface area contributed by atoms with Crippen molar-refractivity contribution >= 4 is 38.9 Å². The lowest BCUT2D eigenvalue weighted by molar-refractivity contribution is 0.0993. The predicted molar refractivity (Wildman–Crippen MR) is 167 cm³/mol. The van der Waals surface area contributed by atoms with Crippen molar-refractivity contribution in [2.45, 2.75) is 11.8 Å². The largest absolute Gasteiger partial charge is 0.311 e. The third kappa shape index (κ3) is 5.13. The summed E-state index contributed by atoms with van der Waals surface area (Å²) in [4.78, 5) is 28.1. The van der Waals surface area contributed by atoms with Gasteiger partial charge in [0, 0.05) is 32.4 Å². The minimum absolute atomic E-state index is 0.0234. The fourth-order valence-electron chi connectivity index (χ4n) is 4.84. The van der Waals surface area contributed by atoms with E-state index < -0.39 is 21.5 Å². The van der Waals surface area contributed by atoms with Crippen LogP contribution in [0.25, 0.3) is 16.8 Å². The van der Waals surface area contributed by atoms with Crippen molar-refractivity contribution in [2.75, 3.05) is 23.3 Å². The molecule has 0 bridgehead atoms. The monoisotopic (exact) mass is 600 g/mol. The number of aromatic nitrogens is 2. The van der Waals surface area contributed by atoms with Crippen LogP contribution in [0.2, 0.25) is 5.02 Å². The second kappa shape index (κ2) is 11.3. The summed E-state index contributed by atoms with van der Waals surface area (Å²) in [6.45, 7) is 1.67. The first kappa shape index (κ1) is 28.9. The normalized spacial score (nSPS) is 11.4. The summed E-state index contributed by atoms with van der Waals surface area (Å²) in [7, 11) is 0.275. The van der Waals surface area contributed by atoms with Crippen LogP contribution in [0.4, 0.5) is 11.4 Å². The van der Waals surface area contributed by atoms with Crippen molar-refractivity contribution in [2.24, 2.45) is 7.05 Å². The summed E-state index contributed by atoms with van der Waals surface area (Å²) in [5.74, 6) is -0.416. The zero-order valence-electron chi connectivity index (χ0n) is 23.5. The second-order valence-corrected chi connectivity index (χ2v) is 12.1. The number of para-hydroxylation sites is 1. The summed E-state index contributed by atoms with van der Waals surface area (Å²) < 4.78 is 31.6. The fraction of sp³-hybridized carbons (Fsp3) is 0.125. The van der Waals surface area contributed by atoms with Gasteiger partial charge >= 0.3 is 0 Å². The van der Waals surface area contributed by atoms with Crippen LogP contribution in [-0.4, -0.2) is 37.8 Å². The Morgan fingerprint density at radius 1 is 0.810 bits per heavy atom. The number of hydrogen-bond donors (Lipinski definition) is 0. The standard InChI is InChI=1S/C32H29ClN4O4S/c1-22-30(32(39)37(35(22)3)27-13-9-6-10-14-27)36(4)42(40,41)29-21-25(17-20-28(29)33)31(38)34(2)26-18-15-24(16-19-26)23-11-7-5-8-12-23/h5-21H,1-4H3. The smallest absolute Gasteiger partial charge is 0.296 e. The summed E-state index contributed by atoms with van der Waals surface area (Å²) >= 11 is 6.38. The minimum atomic E-state index is -4.33. The molecule has 0 saturated heterocycles. The molecule has 4 aromatic carbocycles. The number of carbonyl (C=O) groups is 1. The van der Waals surface area contributed by atoms with Crippen LogP contribution in [-0.2, 0) is 17.1 Å². The molecule has 8 nitrogen and oxygen atoms in total. The van der Waals surface area contributed by atoms with E-state index in [0.29, 0.717) is 17.1 Å². The highest BCUT2D eigenvalue weighted by atomic mass is 35.5. The van der Waals surface area contributed by atoms with E-state index in [1.165, 1.54) is 34.8 Å². The molecular weight excluding hydrogens is 572 g/mol. The molecule has 1 aromatic heterocycles. The van der Waals surface area contributed by atoms with Gasteiger partial charge in [-0.05, 0) is 60.5 Å². The van der Waals surface area contributed by atoms with E-state index in [4.69, 9.17) is 11.6 Å². The maximum absolute atomic E-state index is 13.9. The number of rotatable bonds is 7. The molecule has 10 heteroatoms. The molecular formula is C32H29ClN4O4S. The van der Waals surface area contributed by atoms with Gasteiger partial charge in [0.1, 0.15) is 10.6 Å². The zero-order valence-corrected chi connectivity index (χ0v) is 25.1. The average Bonchev–Trinajstić information content (AvgIpc) is 3.23. The number of anilines is 2. The molecule has 0 aliphatic carbocycles. The lowest BCUT2D eigenvalue weighted by atomic mass is 10.1. The second-order valence-electron chi connectivity index (χ2n) is 9.80. The Kier molecular flexibility index (Phi) is 7.81. The Hall–Kier alpha value is -4.60. The van der Waals surface area contributed by atoms with Crippen molar-refractivity contribution in [3.63, 3.8) is 0 Å². The van der Waals surface area contributed by atoms with Gasteiger partial charge in [0.05, 0.1) is 16.4 Å². The topological polar surface area (TPSA) is 84.6 Å². The Morgan fingerprint density at radius 2 is 1.38 bits per heavy atom. The summed E-state index contributed by atoms with van der Waals surface area (Å²) in [6, 6.07) is 30.4. The Labute approximate surface area is 249 Å². The Balaban J connectivity index is 1.47. The Morgan fingerprint density at radius 3 is 2.00 bits per heavy atom. The number of amides is 1. The molecule has 0 saturated carbocycles. The molecule has 42 heavy (non-hydrogen) atoms. The first-order chi connectivity index (χ1) is 20.0. The highest BCUT2D eigenvalue weighted by Gasteiger charge is 2.31. The molecule has 0 radical (unpaired) electrons. The molecule has 0 N–H and O–H groups in total. The summed E-state index contributed by atoms with van der Waals surface area (Å²) in [5.41, 5.74) is 3.33. The summed E-state index contributed by atoms with van der Waals surface area (Å²) in [6.07, 6.45) is 0.